The van der Waals surface area contributed by atoms with Gasteiger partial charge >= 0.3 is 6.18 Å². The topological polar surface area (TPSA) is 38.7 Å². The first-order valence-corrected chi connectivity index (χ1v) is 8.46. The highest BCUT2D eigenvalue weighted by atomic mass is 35.5. The molecule has 1 saturated carbocycles. The van der Waals surface area contributed by atoms with E-state index in [0.717, 1.165) is 0 Å². The lowest BCUT2D eigenvalue weighted by Crippen LogP contribution is -2.47. The van der Waals surface area contributed by atoms with Crippen LogP contribution in [0.1, 0.15) is 43.2 Å². The summed E-state index contributed by atoms with van der Waals surface area (Å²) in [5, 5.41) is 10.6. The summed E-state index contributed by atoms with van der Waals surface area (Å²) >= 11 is 6.09. The second-order valence-corrected chi connectivity index (χ2v) is 7.52. The van der Waals surface area contributed by atoms with E-state index >= 15 is 0 Å². The first-order valence-electron chi connectivity index (χ1n) is 8.08. The van der Waals surface area contributed by atoms with Gasteiger partial charge in [0, 0.05) is 28.8 Å². The molecule has 132 valence electrons. The highest BCUT2D eigenvalue weighted by Crippen LogP contribution is 2.63. The SMILES string of the molecule is OC1(C(F)(F)F)C[C@@]2(CCCC3(C2)OCCO3)c2cccc(Cl)c21. The van der Waals surface area contributed by atoms with Crippen LogP contribution in [-0.2, 0) is 20.5 Å². The van der Waals surface area contributed by atoms with Crippen molar-refractivity contribution in [3.63, 3.8) is 0 Å². The largest absolute Gasteiger partial charge is 0.421 e. The Morgan fingerprint density at radius 1 is 1.08 bits per heavy atom. The van der Waals surface area contributed by atoms with Crippen LogP contribution in [0.15, 0.2) is 18.2 Å². The van der Waals surface area contributed by atoms with Crippen LogP contribution in [0.4, 0.5) is 13.2 Å². The quantitative estimate of drug-likeness (QED) is 0.756. The van der Waals surface area contributed by atoms with Gasteiger partial charge in [-0.2, -0.15) is 13.2 Å². The third-order valence-electron chi connectivity index (χ3n) is 5.70. The Morgan fingerprint density at radius 3 is 2.46 bits per heavy atom. The molecule has 2 aliphatic carbocycles. The summed E-state index contributed by atoms with van der Waals surface area (Å²) in [5.74, 6) is -0.839. The van der Waals surface area contributed by atoms with E-state index < -0.39 is 29.4 Å². The number of hydrogen-bond acceptors (Lipinski definition) is 3. The molecule has 1 unspecified atom stereocenters. The average molecular weight is 363 g/mol. The van der Waals surface area contributed by atoms with Gasteiger partial charge in [-0.05, 0) is 30.9 Å². The van der Waals surface area contributed by atoms with E-state index in [9.17, 15) is 18.3 Å². The van der Waals surface area contributed by atoms with Gasteiger partial charge in [-0.1, -0.05) is 23.7 Å². The predicted molar refractivity (Wildman–Crippen MR) is 80.8 cm³/mol. The molecule has 2 spiro atoms. The standard InChI is InChI=1S/C17H18ClF3O3/c18-12-4-1-3-11-13(12)16(22,17(19,20)21)10-14(11)5-2-6-15(9-14)23-7-8-24-15/h1,3-4,22H,2,5-10H2/t14-,16?/m0/s1. The van der Waals surface area contributed by atoms with Crippen molar-refractivity contribution in [2.75, 3.05) is 13.2 Å². The molecule has 3 aliphatic rings. The van der Waals surface area contributed by atoms with Gasteiger partial charge in [-0.3, -0.25) is 0 Å². The zero-order valence-electron chi connectivity index (χ0n) is 13.0. The van der Waals surface area contributed by atoms with Crippen molar-refractivity contribution in [1.29, 1.82) is 0 Å². The number of fused-ring (bicyclic) bond motifs is 2. The van der Waals surface area contributed by atoms with E-state index in [-0.39, 0.29) is 10.6 Å². The maximum absolute atomic E-state index is 13.7. The highest BCUT2D eigenvalue weighted by molar-refractivity contribution is 6.31. The zero-order chi connectivity index (χ0) is 17.2. The fraction of sp³-hybridized carbons (Fsp3) is 0.647. The van der Waals surface area contributed by atoms with Crippen LogP contribution in [0.3, 0.4) is 0 Å². The molecule has 1 heterocycles. The van der Waals surface area contributed by atoms with Gasteiger partial charge in [-0.15, -0.1) is 0 Å². The summed E-state index contributed by atoms with van der Waals surface area (Å²) in [5.41, 5.74) is -3.49. The second kappa shape index (κ2) is 5.10. The van der Waals surface area contributed by atoms with Gasteiger partial charge in [-0.25, -0.2) is 0 Å². The number of hydrogen-bond donors (Lipinski definition) is 1. The lowest BCUT2D eigenvalue weighted by Gasteiger charge is -2.44. The van der Waals surface area contributed by atoms with Crippen LogP contribution in [0.25, 0.3) is 0 Å². The maximum Gasteiger partial charge on any atom is 0.421 e. The highest BCUT2D eigenvalue weighted by Gasteiger charge is 2.67. The molecule has 2 atom stereocenters. The van der Waals surface area contributed by atoms with Gasteiger partial charge in [0.15, 0.2) is 11.4 Å². The fourth-order valence-electron chi connectivity index (χ4n) is 4.81. The summed E-state index contributed by atoms with van der Waals surface area (Å²) < 4.78 is 52.7. The maximum atomic E-state index is 13.7. The van der Waals surface area contributed by atoms with Crippen LogP contribution in [-0.4, -0.2) is 30.3 Å². The van der Waals surface area contributed by atoms with Gasteiger partial charge in [0.2, 0.25) is 0 Å². The Bertz CT molecular complexity index is 672. The van der Waals surface area contributed by atoms with Crippen molar-refractivity contribution in [3.8, 4) is 0 Å². The molecule has 4 rings (SSSR count). The number of halogens is 4. The summed E-state index contributed by atoms with van der Waals surface area (Å²) in [6.07, 6.45) is -3.02. The molecule has 1 saturated heterocycles. The van der Waals surface area contributed by atoms with Crippen molar-refractivity contribution >= 4 is 11.6 Å². The van der Waals surface area contributed by atoms with E-state index in [1.54, 1.807) is 12.1 Å². The predicted octanol–water partition coefficient (Wildman–Crippen LogP) is 4.05. The molecule has 24 heavy (non-hydrogen) atoms. The van der Waals surface area contributed by atoms with E-state index in [2.05, 4.69) is 0 Å². The molecule has 1 N–H and O–H groups in total. The molecular weight excluding hydrogens is 345 g/mol. The van der Waals surface area contributed by atoms with Crippen LogP contribution in [0.2, 0.25) is 5.02 Å². The molecule has 1 aliphatic heterocycles. The molecule has 7 heteroatoms. The second-order valence-electron chi connectivity index (χ2n) is 7.12. The van der Waals surface area contributed by atoms with Crippen LogP contribution in [0.5, 0.6) is 0 Å². The van der Waals surface area contributed by atoms with Gasteiger partial charge < -0.3 is 14.6 Å². The summed E-state index contributed by atoms with van der Waals surface area (Å²) in [6.45, 7) is 0.893. The average Bonchev–Trinajstić information content (AvgIpc) is 3.02. The molecule has 0 aromatic heterocycles. The van der Waals surface area contributed by atoms with Crippen molar-refractivity contribution in [1.82, 2.24) is 0 Å². The van der Waals surface area contributed by atoms with E-state index in [1.807, 2.05) is 0 Å². The number of ether oxygens (including phenoxy) is 2. The summed E-state index contributed by atoms with van der Waals surface area (Å²) in [4.78, 5) is 0. The summed E-state index contributed by atoms with van der Waals surface area (Å²) in [7, 11) is 0. The Hall–Kier alpha value is -0.820. The minimum Gasteiger partial charge on any atom is -0.376 e. The molecular formula is C17H18ClF3O3. The fourth-order valence-corrected chi connectivity index (χ4v) is 5.15. The Kier molecular flexibility index (Phi) is 3.53. The molecule has 0 bridgehead atoms. The summed E-state index contributed by atoms with van der Waals surface area (Å²) in [6, 6.07) is 4.69. The number of aliphatic hydroxyl groups is 1. The monoisotopic (exact) mass is 362 g/mol. The van der Waals surface area contributed by atoms with Crippen LogP contribution >= 0.6 is 11.6 Å². The van der Waals surface area contributed by atoms with Crippen molar-refractivity contribution in [2.24, 2.45) is 0 Å². The molecule has 0 radical (unpaired) electrons. The Morgan fingerprint density at radius 2 is 1.79 bits per heavy atom. The molecule has 1 aromatic carbocycles. The van der Waals surface area contributed by atoms with Crippen molar-refractivity contribution < 1.29 is 27.8 Å². The lowest BCUT2D eigenvalue weighted by atomic mass is 9.67. The Balaban J connectivity index is 1.86. The number of alkyl halides is 3. The van der Waals surface area contributed by atoms with Crippen LogP contribution < -0.4 is 0 Å². The third-order valence-corrected chi connectivity index (χ3v) is 6.01. The molecule has 0 amide bonds. The minimum absolute atomic E-state index is 0.0444. The van der Waals surface area contributed by atoms with E-state index in [1.165, 1.54) is 6.07 Å². The first-order chi connectivity index (χ1) is 11.2. The van der Waals surface area contributed by atoms with Crippen molar-refractivity contribution in [3.05, 3.63) is 34.3 Å². The molecule has 1 aromatic rings. The van der Waals surface area contributed by atoms with Crippen molar-refractivity contribution in [2.45, 2.75) is 55.1 Å². The zero-order valence-corrected chi connectivity index (χ0v) is 13.7. The lowest BCUT2D eigenvalue weighted by molar-refractivity contribution is -0.273. The van der Waals surface area contributed by atoms with Gasteiger partial charge in [0.1, 0.15) is 0 Å². The number of rotatable bonds is 0. The third kappa shape index (κ3) is 2.16. The van der Waals surface area contributed by atoms with E-state index in [0.29, 0.717) is 44.5 Å². The van der Waals surface area contributed by atoms with Gasteiger partial charge in [0.05, 0.1) is 13.2 Å². The smallest absolute Gasteiger partial charge is 0.376 e. The minimum atomic E-state index is -4.79. The first kappa shape index (κ1) is 16.6. The van der Waals surface area contributed by atoms with Crippen LogP contribution in [0, 0.1) is 0 Å². The normalized spacial score (nSPS) is 34.9. The van der Waals surface area contributed by atoms with Gasteiger partial charge in [0.25, 0.3) is 0 Å². The number of benzene rings is 1. The van der Waals surface area contributed by atoms with E-state index in [4.69, 9.17) is 21.1 Å². The molecule has 3 nitrogen and oxygen atoms in total. The Labute approximate surface area is 142 Å². The molecule has 2 fully saturated rings.